The summed E-state index contributed by atoms with van der Waals surface area (Å²) >= 11 is 0. The number of H-pyrrole nitrogens is 1. The average molecular weight is 428 g/mol. The van der Waals surface area contributed by atoms with E-state index in [1.165, 1.54) is 0 Å². The van der Waals surface area contributed by atoms with Gasteiger partial charge in [-0.2, -0.15) is 5.10 Å². The third-order valence-corrected chi connectivity index (χ3v) is 5.55. The van der Waals surface area contributed by atoms with Gasteiger partial charge in [0.1, 0.15) is 0 Å². The van der Waals surface area contributed by atoms with Crippen LogP contribution in [0.5, 0.6) is 0 Å². The zero-order valence-electron chi connectivity index (χ0n) is 17.8. The Labute approximate surface area is 185 Å². The molecule has 0 saturated carbocycles. The highest BCUT2D eigenvalue weighted by atomic mass is 16.5. The fourth-order valence-electron chi connectivity index (χ4n) is 3.93. The molecule has 0 unspecified atom stereocenters. The summed E-state index contributed by atoms with van der Waals surface area (Å²) in [6, 6.07) is 9.97. The van der Waals surface area contributed by atoms with Crippen LogP contribution in [0.4, 0.5) is 5.69 Å². The lowest BCUT2D eigenvalue weighted by Crippen LogP contribution is -2.35. The number of carbonyl (C=O) groups is 1. The monoisotopic (exact) mass is 428 g/mol. The molecule has 1 aliphatic heterocycles. The SMILES string of the molecule is Cc1cncc(NC(=O)c2n[nH]c3ccc(-c4cncc(CN5CCOCC5)c4)cc23)c1. The molecule has 1 aromatic carbocycles. The minimum atomic E-state index is -0.278. The first-order valence-corrected chi connectivity index (χ1v) is 10.6. The van der Waals surface area contributed by atoms with Gasteiger partial charge in [0.15, 0.2) is 5.69 Å². The second kappa shape index (κ2) is 8.86. The summed E-state index contributed by atoms with van der Waals surface area (Å²) in [6.45, 7) is 6.18. The van der Waals surface area contributed by atoms with Crippen LogP contribution in [0.3, 0.4) is 0 Å². The molecule has 0 radical (unpaired) electrons. The topological polar surface area (TPSA) is 96.0 Å². The summed E-state index contributed by atoms with van der Waals surface area (Å²) in [7, 11) is 0. The summed E-state index contributed by atoms with van der Waals surface area (Å²) in [6.07, 6.45) is 7.12. The van der Waals surface area contributed by atoms with E-state index in [-0.39, 0.29) is 5.91 Å². The number of aryl methyl sites for hydroxylation is 1. The maximum absolute atomic E-state index is 12.9. The van der Waals surface area contributed by atoms with E-state index in [0.717, 1.165) is 66.0 Å². The van der Waals surface area contributed by atoms with Gasteiger partial charge in [-0.3, -0.25) is 24.8 Å². The van der Waals surface area contributed by atoms with E-state index >= 15 is 0 Å². The molecule has 1 aliphatic rings. The Morgan fingerprint density at radius 3 is 2.75 bits per heavy atom. The van der Waals surface area contributed by atoms with Crippen molar-refractivity contribution in [3.8, 4) is 11.1 Å². The highest BCUT2D eigenvalue weighted by molar-refractivity contribution is 6.11. The minimum absolute atomic E-state index is 0.278. The third kappa shape index (κ3) is 4.37. The van der Waals surface area contributed by atoms with Crippen LogP contribution in [0, 0.1) is 6.92 Å². The highest BCUT2D eigenvalue weighted by Crippen LogP contribution is 2.26. The molecule has 0 aliphatic carbocycles. The molecule has 5 rings (SSSR count). The Morgan fingerprint density at radius 1 is 1.06 bits per heavy atom. The number of aromatic nitrogens is 4. The van der Waals surface area contributed by atoms with Crippen molar-refractivity contribution >= 4 is 22.5 Å². The van der Waals surface area contributed by atoms with E-state index in [0.29, 0.717) is 11.4 Å². The van der Waals surface area contributed by atoms with Gasteiger partial charge in [0.2, 0.25) is 0 Å². The molecule has 4 aromatic rings. The standard InChI is InChI=1S/C24H24N6O2/c1-16-8-20(14-25-11-16)27-24(31)23-21-10-18(2-3-22(21)28-29-23)19-9-17(12-26-13-19)15-30-4-6-32-7-5-30/h2-3,8-14H,4-7,15H2,1H3,(H,27,31)(H,28,29). The van der Waals surface area contributed by atoms with Crippen LogP contribution in [-0.2, 0) is 11.3 Å². The molecule has 0 bridgehead atoms. The predicted octanol–water partition coefficient (Wildman–Crippen LogP) is 3.41. The molecule has 32 heavy (non-hydrogen) atoms. The zero-order valence-corrected chi connectivity index (χ0v) is 17.8. The van der Waals surface area contributed by atoms with Crippen LogP contribution in [-0.4, -0.2) is 57.3 Å². The van der Waals surface area contributed by atoms with Crippen molar-refractivity contribution in [3.63, 3.8) is 0 Å². The molecule has 0 spiro atoms. The number of hydrogen-bond donors (Lipinski definition) is 2. The van der Waals surface area contributed by atoms with Crippen LogP contribution >= 0.6 is 0 Å². The number of anilines is 1. The molecule has 0 atom stereocenters. The van der Waals surface area contributed by atoms with Crippen molar-refractivity contribution in [2.45, 2.75) is 13.5 Å². The lowest BCUT2D eigenvalue weighted by Gasteiger charge is -2.26. The molecule has 1 fully saturated rings. The van der Waals surface area contributed by atoms with Crippen LogP contribution < -0.4 is 5.32 Å². The summed E-state index contributed by atoms with van der Waals surface area (Å²) < 4.78 is 5.44. The first-order chi connectivity index (χ1) is 15.7. The summed E-state index contributed by atoms with van der Waals surface area (Å²) in [4.78, 5) is 23.8. The Hall–Kier alpha value is -3.62. The van der Waals surface area contributed by atoms with Gasteiger partial charge in [-0.15, -0.1) is 0 Å². The maximum atomic E-state index is 12.9. The third-order valence-electron chi connectivity index (χ3n) is 5.55. The van der Waals surface area contributed by atoms with Gasteiger partial charge in [0, 0.05) is 49.2 Å². The van der Waals surface area contributed by atoms with Crippen molar-refractivity contribution in [2.75, 3.05) is 31.6 Å². The number of pyridine rings is 2. The average Bonchev–Trinajstić information content (AvgIpc) is 3.23. The number of ether oxygens (including phenoxy) is 1. The van der Waals surface area contributed by atoms with Gasteiger partial charge in [0.25, 0.3) is 5.91 Å². The number of nitrogens with zero attached hydrogens (tertiary/aromatic N) is 4. The Balaban J connectivity index is 1.41. The number of fused-ring (bicyclic) bond motifs is 1. The summed E-state index contributed by atoms with van der Waals surface area (Å²) in [5.41, 5.74) is 5.92. The number of carbonyl (C=O) groups excluding carboxylic acids is 1. The number of hydrogen-bond acceptors (Lipinski definition) is 6. The van der Waals surface area contributed by atoms with Crippen molar-refractivity contribution in [2.24, 2.45) is 0 Å². The highest BCUT2D eigenvalue weighted by Gasteiger charge is 2.16. The van der Waals surface area contributed by atoms with Crippen LogP contribution in [0.2, 0.25) is 0 Å². The number of rotatable bonds is 5. The first kappa shape index (κ1) is 20.3. The Kier molecular flexibility index (Phi) is 5.62. The summed E-state index contributed by atoms with van der Waals surface area (Å²) in [5, 5.41) is 10.8. The van der Waals surface area contributed by atoms with Crippen LogP contribution in [0.1, 0.15) is 21.6 Å². The number of amides is 1. The minimum Gasteiger partial charge on any atom is -0.379 e. The number of aromatic amines is 1. The van der Waals surface area contributed by atoms with Gasteiger partial charge in [-0.1, -0.05) is 6.07 Å². The van der Waals surface area contributed by atoms with E-state index in [1.54, 1.807) is 12.4 Å². The molecule has 2 N–H and O–H groups in total. The quantitative estimate of drug-likeness (QED) is 0.506. The second-order valence-corrected chi connectivity index (χ2v) is 8.01. The molecule has 3 aromatic heterocycles. The molecule has 8 nitrogen and oxygen atoms in total. The van der Waals surface area contributed by atoms with Crippen LogP contribution in [0.25, 0.3) is 22.0 Å². The number of morpholine rings is 1. The molecule has 1 amide bonds. The molecule has 8 heteroatoms. The normalized spacial score (nSPS) is 14.5. The molecular weight excluding hydrogens is 404 g/mol. The van der Waals surface area contributed by atoms with Gasteiger partial charge in [-0.05, 0) is 47.9 Å². The van der Waals surface area contributed by atoms with Crippen molar-refractivity contribution in [1.82, 2.24) is 25.1 Å². The lowest BCUT2D eigenvalue weighted by atomic mass is 10.0. The van der Waals surface area contributed by atoms with Gasteiger partial charge < -0.3 is 10.1 Å². The number of benzene rings is 1. The van der Waals surface area contributed by atoms with E-state index in [1.807, 2.05) is 43.6 Å². The van der Waals surface area contributed by atoms with E-state index < -0.39 is 0 Å². The van der Waals surface area contributed by atoms with Gasteiger partial charge in [0.05, 0.1) is 30.6 Å². The van der Waals surface area contributed by atoms with Gasteiger partial charge >= 0.3 is 0 Å². The van der Waals surface area contributed by atoms with Crippen LogP contribution in [0.15, 0.2) is 55.1 Å². The van der Waals surface area contributed by atoms with Crippen molar-refractivity contribution in [1.29, 1.82) is 0 Å². The zero-order chi connectivity index (χ0) is 21.9. The van der Waals surface area contributed by atoms with E-state index in [4.69, 9.17) is 4.74 Å². The van der Waals surface area contributed by atoms with Crippen molar-refractivity contribution in [3.05, 3.63) is 71.9 Å². The van der Waals surface area contributed by atoms with Crippen molar-refractivity contribution < 1.29 is 9.53 Å². The van der Waals surface area contributed by atoms with E-state index in [2.05, 4.69) is 36.4 Å². The van der Waals surface area contributed by atoms with E-state index in [9.17, 15) is 4.79 Å². The largest absolute Gasteiger partial charge is 0.379 e. The lowest BCUT2D eigenvalue weighted by molar-refractivity contribution is 0.0341. The summed E-state index contributed by atoms with van der Waals surface area (Å²) in [5.74, 6) is -0.278. The Bertz CT molecular complexity index is 1260. The first-order valence-electron chi connectivity index (χ1n) is 10.6. The Morgan fingerprint density at radius 2 is 1.91 bits per heavy atom. The fraction of sp³-hybridized carbons (Fsp3) is 0.250. The van der Waals surface area contributed by atoms with Gasteiger partial charge in [-0.25, -0.2) is 0 Å². The molecule has 162 valence electrons. The number of nitrogens with one attached hydrogen (secondary N) is 2. The smallest absolute Gasteiger partial charge is 0.276 e. The molecule has 1 saturated heterocycles. The second-order valence-electron chi connectivity index (χ2n) is 8.01. The maximum Gasteiger partial charge on any atom is 0.276 e. The molecular formula is C24H24N6O2. The molecule has 4 heterocycles. The fourth-order valence-corrected chi connectivity index (χ4v) is 3.93. The predicted molar refractivity (Wildman–Crippen MR) is 122 cm³/mol.